The van der Waals surface area contributed by atoms with Crippen molar-refractivity contribution in [2.45, 2.75) is 0 Å². The molecule has 4 rings (SSSR count). The van der Waals surface area contributed by atoms with Gasteiger partial charge in [-0.1, -0.05) is 48.5 Å². The minimum Gasteiger partial charge on any atom is -0.478 e. The predicted octanol–water partition coefficient (Wildman–Crippen LogP) is 5.71. The van der Waals surface area contributed by atoms with Gasteiger partial charge in [-0.25, -0.2) is 9.59 Å². The van der Waals surface area contributed by atoms with Crippen molar-refractivity contribution in [2.75, 3.05) is 4.90 Å². The van der Waals surface area contributed by atoms with Crippen molar-refractivity contribution in [3.8, 4) is 0 Å². The van der Waals surface area contributed by atoms with Crippen LogP contribution in [0.5, 0.6) is 0 Å². The predicted molar refractivity (Wildman–Crippen MR) is 113 cm³/mol. The fraction of sp³-hybridized carbons (Fsp3) is 0. The SMILES string of the molecule is O=C(O)c1ccc2c(N(c3ccccc3)c3ccccc3)c(C(=O)O)ccc2c1. The van der Waals surface area contributed by atoms with Gasteiger partial charge in [0.2, 0.25) is 0 Å². The summed E-state index contributed by atoms with van der Waals surface area (Å²) in [4.78, 5) is 25.3. The molecule has 0 bridgehead atoms. The number of benzene rings is 4. The first-order valence-electron chi connectivity index (χ1n) is 9.00. The van der Waals surface area contributed by atoms with Gasteiger partial charge in [-0.05, 0) is 47.9 Å². The van der Waals surface area contributed by atoms with Crippen LogP contribution < -0.4 is 4.90 Å². The molecule has 0 aliphatic carbocycles. The van der Waals surface area contributed by atoms with Crippen LogP contribution in [-0.4, -0.2) is 22.2 Å². The summed E-state index contributed by atoms with van der Waals surface area (Å²) in [6.45, 7) is 0. The van der Waals surface area contributed by atoms with Gasteiger partial charge in [0.05, 0.1) is 16.8 Å². The number of hydrogen-bond acceptors (Lipinski definition) is 3. The lowest BCUT2D eigenvalue weighted by Gasteiger charge is -2.28. The largest absolute Gasteiger partial charge is 0.478 e. The zero-order chi connectivity index (χ0) is 20.4. The highest BCUT2D eigenvalue weighted by molar-refractivity contribution is 6.10. The van der Waals surface area contributed by atoms with E-state index >= 15 is 0 Å². The first kappa shape index (κ1) is 18.3. The highest BCUT2D eigenvalue weighted by Crippen LogP contribution is 2.41. The van der Waals surface area contributed by atoms with E-state index in [9.17, 15) is 19.8 Å². The minimum atomic E-state index is -1.05. The van der Waals surface area contributed by atoms with Crippen molar-refractivity contribution in [1.29, 1.82) is 0 Å². The molecule has 5 heteroatoms. The second kappa shape index (κ2) is 7.48. The van der Waals surface area contributed by atoms with Gasteiger partial charge in [-0.15, -0.1) is 0 Å². The smallest absolute Gasteiger partial charge is 0.337 e. The second-order valence-corrected chi connectivity index (χ2v) is 6.51. The number of fused-ring (bicyclic) bond motifs is 1. The van der Waals surface area contributed by atoms with E-state index in [0.29, 0.717) is 16.5 Å². The molecule has 142 valence electrons. The molecule has 29 heavy (non-hydrogen) atoms. The summed E-state index contributed by atoms with van der Waals surface area (Å²) in [6, 6.07) is 26.8. The topological polar surface area (TPSA) is 77.8 Å². The molecule has 0 saturated heterocycles. The van der Waals surface area contributed by atoms with E-state index in [1.54, 1.807) is 18.2 Å². The van der Waals surface area contributed by atoms with Crippen LogP contribution in [0.4, 0.5) is 17.1 Å². The number of anilines is 3. The van der Waals surface area contributed by atoms with Crippen LogP contribution in [-0.2, 0) is 0 Å². The highest BCUT2D eigenvalue weighted by Gasteiger charge is 2.22. The standard InChI is InChI=1S/C24H17NO4/c26-23(27)17-12-13-20-16(15-17)11-14-21(24(28)29)22(20)25(18-7-3-1-4-8-18)19-9-5-2-6-10-19/h1-15H,(H,26,27)(H,28,29). The van der Waals surface area contributed by atoms with Crippen LogP contribution in [0.2, 0.25) is 0 Å². The maximum atomic E-state index is 12.1. The zero-order valence-electron chi connectivity index (χ0n) is 15.3. The Morgan fingerprint density at radius 1 is 0.655 bits per heavy atom. The first-order chi connectivity index (χ1) is 14.1. The molecule has 0 heterocycles. The van der Waals surface area contributed by atoms with Crippen molar-refractivity contribution in [3.05, 3.63) is 102 Å². The summed E-state index contributed by atoms with van der Waals surface area (Å²) >= 11 is 0. The van der Waals surface area contributed by atoms with Crippen LogP contribution in [0.15, 0.2) is 91.0 Å². The van der Waals surface area contributed by atoms with E-state index in [4.69, 9.17) is 0 Å². The maximum absolute atomic E-state index is 12.1. The lowest BCUT2D eigenvalue weighted by atomic mass is 9.99. The lowest BCUT2D eigenvalue weighted by molar-refractivity contribution is 0.0686. The first-order valence-corrected chi connectivity index (χ1v) is 9.00. The summed E-state index contributed by atoms with van der Waals surface area (Å²) in [5, 5.41) is 20.5. The van der Waals surface area contributed by atoms with E-state index in [1.165, 1.54) is 12.1 Å². The zero-order valence-corrected chi connectivity index (χ0v) is 15.3. The van der Waals surface area contributed by atoms with Gasteiger partial charge in [-0.3, -0.25) is 0 Å². The number of para-hydroxylation sites is 2. The van der Waals surface area contributed by atoms with Crippen LogP contribution in [0.25, 0.3) is 10.8 Å². The quantitative estimate of drug-likeness (QED) is 0.462. The van der Waals surface area contributed by atoms with Crippen molar-refractivity contribution in [2.24, 2.45) is 0 Å². The number of carboxylic acid groups (broad SMARTS) is 2. The summed E-state index contributed by atoms with van der Waals surface area (Å²) in [6.07, 6.45) is 0. The fourth-order valence-electron chi connectivity index (χ4n) is 3.42. The van der Waals surface area contributed by atoms with E-state index in [0.717, 1.165) is 11.4 Å². The molecular weight excluding hydrogens is 366 g/mol. The molecule has 0 aliphatic rings. The molecule has 0 fully saturated rings. The van der Waals surface area contributed by atoms with E-state index in [2.05, 4.69) is 0 Å². The molecule has 0 saturated carbocycles. The van der Waals surface area contributed by atoms with Gasteiger partial charge in [0.15, 0.2) is 0 Å². The molecule has 4 aromatic carbocycles. The molecular formula is C24H17NO4. The number of rotatable bonds is 5. The summed E-state index contributed by atoms with van der Waals surface area (Å²) in [5.74, 6) is -2.08. The Labute approximate surface area is 167 Å². The minimum absolute atomic E-state index is 0.133. The highest BCUT2D eigenvalue weighted by atomic mass is 16.4. The monoisotopic (exact) mass is 383 g/mol. The Balaban J connectivity index is 2.08. The van der Waals surface area contributed by atoms with Crippen molar-refractivity contribution < 1.29 is 19.8 Å². The average Bonchev–Trinajstić information content (AvgIpc) is 2.75. The number of carbonyl (C=O) groups is 2. The van der Waals surface area contributed by atoms with Crippen molar-refractivity contribution in [1.82, 2.24) is 0 Å². The van der Waals surface area contributed by atoms with Gasteiger partial charge >= 0.3 is 11.9 Å². The molecule has 5 nitrogen and oxygen atoms in total. The number of hydrogen-bond donors (Lipinski definition) is 2. The normalized spacial score (nSPS) is 10.6. The molecule has 2 N–H and O–H groups in total. The molecule has 0 aromatic heterocycles. The Kier molecular flexibility index (Phi) is 4.71. The van der Waals surface area contributed by atoms with Gasteiger partial charge < -0.3 is 15.1 Å². The van der Waals surface area contributed by atoms with E-state index in [-0.39, 0.29) is 11.1 Å². The van der Waals surface area contributed by atoms with E-state index < -0.39 is 11.9 Å². The van der Waals surface area contributed by atoms with Gasteiger partial charge in [0.1, 0.15) is 0 Å². The Morgan fingerprint density at radius 3 is 1.76 bits per heavy atom. The Hall–Kier alpha value is -4.12. The van der Waals surface area contributed by atoms with Crippen molar-refractivity contribution in [3.63, 3.8) is 0 Å². The Morgan fingerprint density at radius 2 is 1.24 bits per heavy atom. The van der Waals surface area contributed by atoms with Crippen LogP contribution in [0.1, 0.15) is 20.7 Å². The average molecular weight is 383 g/mol. The lowest BCUT2D eigenvalue weighted by Crippen LogP contribution is -2.15. The molecule has 0 atom stereocenters. The molecule has 0 radical (unpaired) electrons. The number of nitrogens with zero attached hydrogens (tertiary/aromatic N) is 1. The van der Waals surface area contributed by atoms with Crippen LogP contribution >= 0.6 is 0 Å². The summed E-state index contributed by atoms with van der Waals surface area (Å²) < 4.78 is 0. The third-order valence-corrected chi connectivity index (χ3v) is 4.72. The molecule has 0 unspecified atom stereocenters. The van der Waals surface area contributed by atoms with Crippen LogP contribution in [0.3, 0.4) is 0 Å². The summed E-state index contributed by atoms with van der Waals surface area (Å²) in [5.41, 5.74) is 2.38. The van der Waals surface area contributed by atoms with Crippen molar-refractivity contribution >= 4 is 39.8 Å². The van der Waals surface area contributed by atoms with Gasteiger partial charge in [0.25, 0.3) is 0 Å². The number of aromatic carboxylic acids is 2. The maximum Gasteiger partial charge on any atom is 0.337 e. The third kappa shape index (κ3) is 3.41. The van der Waals surface area contributed by atoms with Gasteiger partial charge in [-0.2, -0.15) is 0 Å². The molecule has 0 amide bonds. The molecule has 0 aliphatic heterocycles. The fourth-order valence-corrected chi connectivity index (χ4v) is 3.42. The molecule has 4 aromatic rings. The number of carboxylic acids is 2. The summed E-state index contributed by atoms with van der Waals surface area (Å²) in [7, 11) is 0. The van der Waals surface area contributed by atoms with Gasteiger partial charge in [0, 0.05) is 16.8 Å². The van der Waals surface area contributed by atoms with Crippen LogP contribution in [0, 0.1) is 0 Å². The Bertz CT molecular complexity index is 1160. The second-order valence-electron chi connectivity index (χ2n) is 6.51. The molecule has 0 spiro atoms. The third-order valence-electron chi connectivity index (χ3n) is 4.72. The van der Waals surface area contributed by atoms with E-state index in [1.807, 2.05) is 65.6 Å².